The summed E-state index contributed by atoms with van der Waals surface area (Å²) >= 11 is 2.15. The number of hydrogen-bond acceptors (Lipinski definition) is 3. The van der Waals surface area contributed by atoms with Gasteiger partial charge in [0, 0.05) is 6.42 Å². The zero-order valence-corrected chi connectivity index (χ0v) is 7.91. The van der Waals surface area contributed by atoms with Gasteiger partial charge in [-0.05, 0) is 29.0 Å². The van der Waals surface area contributed by atoms with E-state index in [2.05, 4.69) is 27.7 Å². The molecular formula is C6H10INO2. The molecular weight excluding hydrogens is 245 g/mol. The van der Waals surface area contributed by atoms with E-state index in [0.717, 1.165) is 12.1 Å². The minimum absolute atomic E-state index is 0.119. The summed E-state index contributed by atoms with van der Waals surface area (Å²) in [5, 5.41) is 13.0. The van der Waals surface area contributed by atoms with Crippen LogP contribution in [-0.4, -0.2) is 21.0 Å². The number of halogens is 1. The lowest BCUT2D eigenvalue weighted by atomic mass is 10.1. The minimum atomic E-state index is -0.403. The highest BCUT2D eigenvalue weighted by molar-refractivity contribution is 14.1. The Hall–Kier alpha value is 0.160. The summed E-state index contributed by atoms with van der Waals surface area (Å²) in [6.07, 6.45) is 1.07. The van der Waals surface area contributed by atoms with Crippen LogP contribution in [-0.2, 0) is 4.84 Å². The van der Waals surface area contributed by atoms with E-state index in [1.807, 2.05) is 6.92 Å². The minimum Gasteiger partial charge on any atom is -0.387 e. The first-order chi connectivity index (χ1) is 4.74. The van der Waals surface area contributed by atoms with Gasteiger partial charge in [0.25, 0.3) is 0 Å². The van der Waals surface area contributed by atoms with Crippen molar-refractivity contribution in [1.29, 1.82) is 0 Å². The van der Waals surface area contributed by atoms with Crippen molar-refractivity contribution in [2.24, 2.45) is 5.16 Å². The molecule has 4 heteroatoms. The molecule has 0 aliphatic carbocycles. The van der Waals surface area contributed by atoms with Crippen LogP contribution in [0.5, 0.6) is 0 Å². The second-order valence-electron chi connectivity index (χ2n) is 2.23. The van der Waals surface area contributed by atoms with Crippen molar-refractivity contribution in [3.8, 4) is 0 Å². The number of hydrogen-bond donors (Lipinski definition) is 1. The quantitative estimate of drug-likeness (QED) is 0.596. The Labute approximate surface area is 73.6 Å². The number of nitrogens with zero attached hydrogens (tertiary/aromatic N) is 1. The molecule has 0 aromatic carbocycles. The Kier molecular flexibility index (Phi) is 2.91. The molecule has 0 radical (unpaired) electrons. The summed E-state index contributed by atoms with van der Waals surface area (Å²) in [6, 6.07) is 0. The summed E-state index contributed by atoms with van der Waals surface area (Å²) < 4.78 is 0.119. The Morgan fingerprint density at radius 2 is 2.70 bits per heavy atom. The fraction of sp³-hybridized carbons (Fsp3) is 0.833. The third-order valence-corrected chi connectivity index (χ3v) is 2.09. The Morgan fingerprint density at radius 3 is 3.10 bits per heavy atom. The average Bonchev–Trinajstić information content (AvgIpc) is 2.34. The number of aliphatic hydroxyl groups excluding tert-OH is 1. The molecule has 1 rings (SSSR count). The molecule has 0 bridgehead atoms. The van der Waals surface area contributed by atoms with Crippen molar-refractivity contribution in [2.45, 2.75) is 30.0 Å². The summed E-state index contributed by atoms with van der Waals surface area (Å²) in [6.45, 7) is 1.92. The molecule has 2 atom stereocenters. The molecule has 1 heterocycles. The molecule has 1 aliphatic heterocycles. The first kappa shape index (κ1) is 8.26. The molecule has 0 amide bonds. The van der Waals surface area contributed by atoms with E-state index >= 15 is 0 Å². The van der Waals surface area contributed by atoms with Crippen LogP contribution in [0.2, 0.25) is 0 Å². The monoisotopic (exact) mass is 255 g/mol. The molecule has 3 nitrogen and oxygen atoms in total. The average molecular weight is 255 g/mol. The summed E-state index contributed by atoms with van der Waals surface area (Å²) in [4.78, 5) is 4.90. The maximum Gasteiger partial charge on any atom is 0.182 e. The van der Waals surface area contributed by atoms with Gasteiger partial charge in [-0.25, -0.2) is 0 Å². The molecule has 0 fully saturated rings. The number of aliphatic hydroxyl groups is 1. The number of rotatable bonds is 2. The number of oxime groups is 1. The Balaban J connectivity index is 2.43. The molecule has 10 heavy (non-hydrogen) atoms. The standard InChI is InChI=1S/C6H10INO2/c1-2-5(9)4-3-6(7)10-8-4/h5-6,9H,2-3H2,1H3. The molecule has 0 saturated heterocycles. The van der Waals surface area contributed by atoms with Crippen LogP contribution in [0, 0.1) is 0 Å². The van der Waals surface area contributed by atoms with Gasteiger partial charge < -0.3 is 9.94 Å². The summed E-state index contributed by atoms with van der Waals surface area (Å²) in [5.74, 6) is 0. The van der Waals surface area contributed by atoms with Crippen LogP contribution in [0.1, 0.15) is 19.8 Å². The van der Waals surface area contributed by atoms with E-state index < -0.39 is 6.10 Å². The SMILES string of the molecule is CCC(O)C1=NOC(I)C1. The van der Waals surface area contributed by atoms with Crippen LogP contribution in [0.25, 0.3) is 0 Å². The van der Waals surface area contributed by atoms with Crippen molar-refractivity contribution in [3.63, 3.8) is 0 Å². The maximum absolute atomic E-state index is 9.26. The van der Waals surface area contributed by atoms with E-state index in [1.165, 1.54) is 0 Å². The van der Waals surface area contributed by atoms with E-state index in [1.54, 1.807) is 0 Å². The van der Waals surface area contributed by atoms with Crippen LogP contribution in [0.4, 0.5) is 0 Å². The van der Waals surface area contributed by atoms with Gasteiger partial charge in [-0.2, -0.15) is 0 Å². The molecule has 0 aromatic rings. The van der Waals surface area contributed by atoms with Crippen LogP contribution >= 0.6 is 22.6 Å². The third-order valence-electron chi connectivity index (χ3n) is 1.43. The third kappa shape index (κ3) is 1.82. The zero-order valence-electron chi connectivity index (χ0n) is 5.75. The smallest absolute Gasteiger partial charge is 0.182 e. The Bertz CT molecular complexity index is 149. The van der Waals surface area contributed by atoms with Crippen molar-refractivity contribution in [3.05, 3.63) is 0 Å². The Morgan fingerprint density at radius 1 is 2.00 bits per heavy atom. The second kappa shape index (κ2) is 3.52. The van der Waals surface area contributed by atoms with Gasteiger partial charge in [-0.15, -0.1) is 0 Å². The molecule has 0 aromatic heterocycles. The van der Waals surface area contributed by atoms with Gasteiger partial charge in [0.1, 0.15) is 0 Å². The number of alkyl halides is 1. The lowest BCUT2D eigenvalue weighted by Gasteiger charge is -2.03. The first-order valence-electron chi connectivity index (χ1n) is 3.28. The normalized spacial score (nSPS) is 27.5. The highest BCUT2D eigenvalue weighted by Gasteiger charge is 2.22. The van der Waals surface area contributed by atoms with E-state index in [4.69, 9.17) is 4.84 Å². The molecule has 58 valence electrons. The van der Waals surface area contributed by atoms with Crippen LogP contribution in [0.3, 0.4) is 0 Å². The van der Waals surface area contributed by atoms with E-state index in [0.29, 0.717) is 6.42 Å². The topological polar surface area (TPSA) is 41.8 Å². The van der Waals surface area contributed by atoms with Gasteiger partial charge in [0.05, 0.1) is 11.8 Å². The van der Waals surface area contributed by atoms with Gasteiger partial charge in [0.2, 0.25) is 0 Å². The molecule has 1 aliphatic rings. The largest absolute Gasteiger partial charge is 0.387 e. The predicted molar refractivity (Wildman–Crippen MR) is 47.2 cm³/mol. The van der Waals surface area contributed by atoms with Gasteiger partial charge in [-0.1, -0.05) is 12.1 Å². The highest BCUT2D eigenvalue weighted by atomic mass is 127. The second-order valence-corrected chi connectivity index (χ2v) is 3.62. The van der Waals surface area contributed by atoms with E-state index in [-0.39, 0.29) is 4.11 Å². The van der Waals surface area contributed by atoms with Gasteiger partial charge in [0.15, 0.2) is 4.11 Å². The van der Waals surface area contributed by atoms with Crippen molar-refractivity contribution < 1.29 is 9.94 Å². The molecule has 0 spiro atoms. The van der Waals surface area contributed by atoms with Crippen LogP contribution in [0.15, 0.2) is 5.16 Å². The molecule has 1 N–H and O–H groups in total. The van der Waals surface area contributed by atoms with Crippen molar-refractivity contribution in [2.75, 3.05) is 0 Å². The van der Waals surface area contributed by atoms with E-state index in [9.17, 15) is 5.11 Å². The van der Waals surface area contributed by atoms with Crippen LogP contribution < -0.4 is 0 Å². The summed E-state index contributed by atoms with van der Waals surface area (Å²) in [5.41, 5.74) is 0.780. The first-order valence-corrected chi connectivity index (χ1v) is 4.53. The lowest BCUT2D eigenvalue weighted by Crippen LogP contribution is -2.17. The fourth-order valence-electron chi connectivity index (χ4n) is 0.796. The predicted octanol–water partition coefficient (Wildman–Crippen LogP) is 1.29. The molecule has 0 saturated carbocycles. The zero-order chi connectivity index (χ0) is 7.56. The maximum atomic E-state index is 9.26. The van der Waals surface area contributed by atoms with Crippen molar-refractivity contribution in [1.82, 2.24) is 0 Å². The molecule has 2 unspecified atom stereocenters. The lowest BCUT2D eigenvalue weighted by molar-refractivity contribution is 0.158. The van der Waals surface area contributed by atoms with Gasteiger partial charge >= 0.3 is 0 Å². The summed E-state index contributed by atoms with van der Waals surface area (Å²) in [7, 11) is 0. The highest BCUT2D eigenvalue weighted by Crippen LogP contribution is 2.18. The fourth-order valence-corrected chi connectivity index (χ4v) is 1.36. The van der Waals surface area contributed by atoms with Crippen molar-refractivity contribution >= 4 is 28.3 Å². The van der Waals surface area contributed by atoms with Gasteiger partial charge in [-0.3, -0.25) is 0 Å².